The number of nitrogens with one attached hydrogen (secondary N) is 2. The summed E-state index contributed by atoms with van der Waals surface area (Å²) in [5.74, 6) is -0.362. The van der Waals surface area contributed by atoms with Gasteiger partial charge in [-0.3, -0.25) is 20.0 Å². The highest BCUT2D eigenvalue weighted by atomic mass is 16.6. The second-order valence-corrected chi connectivity index (χ2v) is 5.26. The normalized spacial score (nSPS) is 11.5. The lowest BCUT2D eigenvalue weighted by molar-refractivity contribution is -0.384. The number of aromatic nitrogens is 2. The van der Waals surface area contributed by atoms with E-state index in [-0.39, 0.29) is 17.3 Å². The van der Waals surface area contributed by atoms with Crippen LogP contribution in [-0.4, -0.2) is 26.6 Å². The van der Waals surface area contributed by atoms with E-state index in [0.717, 1.165) is 0 Å². The van der Waals surface area contributed by atoms with Crippen LogP contribution in [0.4, 0.5) is 5.69 Å². The number of amides is 1. The lowest BCUT2D eigenvalue weighted by atomic mass is 10.1. The lowest BCUT2D eigenvalue weighted by Crippen LogP contribution is -2.40. The predicted molar refractivity (Wildman–Crippen MR) is 70.0 cm³/mol. The molecule has 0 fully saturated rings. The molecule has 7 nitrogen and oxygen atoms in total. The number of fused-ring (bicyclic) bond motifs is 1. The van der Waals surface area contributed by atoms with Gasteiger partial charge in [0.2, 0.25) is 0 Å². The van der Waals surface area contributed by atoms with Crippen molar-refractivity contribution in [3.05, 3.63) is 34.0 Å². The van der Waals surface area contributed by atoms with E-state index in [2.05, 4.69) is 15.5 Å². The zero-order chi connectivity index (χ0) is 14.2. The van der Waals surface area contributed by atoms with Gasteiger partial charge < -0.3 is 5.32 Å². The maximum atomic E-state index is 12.1. The van der Waals surface area contributed by atoms with E-state index in [4.69, 9.17) is 0 Å². The number of benzene rings is 1. The Morgan fingerprint density at radius 2 is 2.11 bits per heavy atom. The van der Waals surface area contributed by atoms with Crippen LogP contribution in [0.5, 0.6) is 0 Å². The van der Waals surface area contributed by atoms with Gasteiger partial charge in [0.05, 0.1) is 10.4 Å². The van der Waals surface area contributed by atoms with Crippen LogP contribution in [0.25, 0.3) is 10.9 Å². The van der Waals surface area contributed by atoms with Gasteiger partial charge in [0, 0.05) is 23.1 Å². The Labute approximate surface area is 109 Å². The molecule has 0 aliphatic heterocycles. The number of rotatable bonds is 2. The Hall–Kier alpha value is -2.44. The van der Waals surface area contributed by atoms with Crippen LogP contribution < -0.4 is 5.32 Å². The van der Waals surface area contributed by atoms with Gasteiger partial charge in [-0.2, -0.15) is 5.10 Å². The van der Waals surface area contributed by atoms with E-state index in [1.54, 1.807) is 0 Å². The van der Waals surface area contributed by atoms with Crippen molar-refractivity contribution < 1.29 is 9.72 Å². The van der Waals surface area contributed by atoms with Crippen molar-refractivity contribution in [2.24, 2.45) is 0 Å². The van der Waals surface area contributed by atoms with Crippen LogP contribution in [0.1, 0.15) is 31.3 Å². The van der Waals surface area contributed by atoms with Crippen molar-refractivity contribution in [2.75, 3.05) is 0 Å². The van der Waals surface area contributed by atoms with Crippen molar-refractivity contribution in [3.8, 4) is 0 Å². The van der Waals surface area contributed by atoms with Gasteiger partial charge in [0.15, 0.2) is 5.69 Å². The Bertz CT molecular complexity index is 655. The van der Waals surface area contributed by atoms with Gasteiger partial charge in [0.25, 0.3) is 11.6 Å². The molecule has 1 amide bonds. The Morgan fingerprint density at radius 1 is 1.42 bits per heavy atom. The molecule has 0 atom stereocenters. The highest BCUT2D eigenvalue weighted by Gasteiger charge is 2.21. The van der Waals surface area contributed by atoms with E-state index in [1.165, 1.54) is 18.2 Å². The summed E-state index contributed by atoms with van der Waals surface area (Å²) in [6, 6.07) is 4.25. The number of carbonyl (C=O) groups excluding carboxylic acids is 1. The van der Waals surface area contributed by atoms with Gasteiger partial charge >= 0.3 is 0 Å². The molecule has 1 aromatic carbocycles. The van der Waals surface area contributed by atoms with E-state index in [9.17, 15) is 14.9 Å². The molecule has 0 radical (unpaired) electrons. The maximum absolute atomic E-state index is 12.1. The molecule has 0 aliphatic carbocycles. The number of nitrogens with zero attached hydrogens (tertiary/aromatic N) is 2. The zero-order valence-electron chi connectivity index (χ0n) is 10.9. The van der Waals surface area contributed by atoms with Crippen LogP contribution in [0.15, 0.2) is 18.2 Å². The van der Waals surface area contributed by atoms with Gasteiger partial charge in [-0.25, -0.2) is 0 Å². The molecule has 19 heavy (non-hydrogen) atoms. The summed E-state index contributed by atoms with van der Waals surface area (Å²) in [4.78, 5) is 22.3. The molecule has 2 aromatic rings. The number of nitro groups is 1. The van der Waals surface area contributed by atoms with E-state index >= 15 is 0 Å². The van der Waals surface area contributed by atoms with Crippen LogP contribution in [-0.2, 0) is 0 Å². The van der Waals surface area contributed by atoms with E-state index in [0.29, 0.717) is 10.9 Å². The Balaban J connectivity index is 2.46. The molecule has 2 rings (SSSR count). The number of aromatic amines is 1. The number of hydrogen-bond acceptors (Lipinski definition) is 4. The molecule has 0 unspecified atom stereocenters. The summed E-state index contributed by atoms with van der Waals surface area (Å²) in [6.07, 6.45) is 0. The highest BCUT2D eigenvalue weighted by molar-refractivity contribution is 6.05. The molecule has 0 bridgehead atoms. The first-order chi connectivity index (χ1) is 8.78. The summed E-state index contributed by atoms with van der Waals surface area (Å²) in [5, 5.41) is 20.6. The third kappa shape index (κ3) is 2.70. The van der Waals surface area contributed by atoms with Crippen LogP contribution >= 0.6 is 0 Å². The minimum Gasteiger partial charge on any atom is -0.346 e. The van der Waals surface area contributed by atoms with Gasteiger partial charge in [0.1, 0.15) is 0 Å². The fourth-order valence-corrected chi connectivity index (χ4v) is 1.69. The SMILES string of the molecule is CC(C)(C)NC(=O)c1n[nH]c2ccc([N+](=O)[O-])cc12. The van der Waals surface area contributed by atoms with Crippen LogP contribution in [0.2, 0.25) is 0 Å². The molecule has 0 spiro atoms. The minimum atomic E-state index is -0.502. The third-order valence-electron chi connectivity index (χ3n) is 2.46. The fourth-order valence-electron chi connectivity index (χ4n) is 1.69. The third-order valence-corrected chi connectivity index (χ3v) is 2.46. The van der Waals surface area contributed by atoms with E-state index in [1.807, 2.05) is 20.8 Å². The smallest absolute Gasteiger partial charge is 0.272 e. The first kappa shape index (κ1) is 13.0. The topological polar surface area (TPSA) is 101 Å². The Kier molecular flexibility index (Phi) is 2.97. The molecule has 0 saturated carbocycles. The van der Waals surface area contributed by atoms with Crippen molar-refractivity contribution in [3.63, 3.8) is 0 Å². The average Bonchev–Trinajstić information content (AvgIpc) is 2.68. The quantitative estimate of drug-likeness (QED) is 0.638. The predicted octanol–water partition coefficient (Wildman–Crippen LogP) is 2.00. The lowest BCUT2D eigenvalue weighted by Gasteiger charge is -2.19. The molecule has 7 heteroatoms. The van der Waals surface area contributed by atoms with Crippen molar-refractivity contribution in [2.45, 2.75) is 26.3 Å². The number of non-ortho nitro benzene ring substituents is 1. The second-order valence-electron chi connectivity index (χ2n) is 5.26. The minimum absolute atomic E-state index is 0.0706. The van der Waals surface area contributed by atoms with E-state index < -0.39 is 10.5 Å². The second kappa shape index (κ2) is 4.34. The standard InChI is InChI=1S/C12H14N4O3/c1-12(2,3)13-11(17)10-8-6-7(16(18)19)4-5-9(8)14-15-10/h4-6H,1-3H3,(H,13,17)(H,14,15). The molecular formula is C12H14N4O3. The first-order valence-electron chi connectivity index (χ1n) is 5.73. The maximum Gasteiger partial charge on any atom is 0.272 e. The van der Waals surface area contributed by atoms with Crippen molar-refractivity contribution >= 4 is 22.5 Å². The highest BCUT2D eigenvalue weighted by Crippen LogP contribution is 2.22. The van der Waals surface area contributed by atoms with Crippen molar-refractivity contribution in [1.29, 1.82) is 0 Å². The number of hydrogen-bond donors (Lipinski definition) is 2. The summed E-state index contributed by atoms with van der Waals surface area (Å²) in [7, 11) is 0. The number of H-pyrrole nitrogens is 1. The summed E-state index contributed by atoms with van der Waals surface area (Å²) in [5.41, 5.74) is 0.278. The summed E-state index contributed by atoms with van der Waals surface area (Å²) in [6.45, 7) is 5.55. The molecule has 1 heterocycles. The number of carbonyl (C=O) groups is 1. The average molecular weight is 262 g/mol. The molecule has 2 N–H and O–H groups in total. The molecule has 0 aliphatic rings. The fraction of sp³-hybridized carbons (Fsp3) is 0.333. The van der Waals surface area contributed by atoms with Crippen molar-refractivity contribution in [1.82, 2.24) is 15.5 Å². The van der Waals surface area contributed by atoms with Crippen LogP contribution in [0, 0.1) is 10.1 Å². The first-order valence-corrected chi connectivity index (χ1v) is 5.73. The molecular weight excluding hydrogens is 248 g/mol. The number of nitro benzene ring substituents is 1. The van der Waals surface area contributed by atoms with Gasteiger partial charge in [-0.1, -0.05) is 0 Å². The van der Waals surface area contributed by atoms with Gasteiger partial charge in [-0.05, 0) is 26.8 Å². The summed E-state index contributed by atoms with van der Waals surface area (Å²) >= 11 is 0. The largest absolute Gasteiger partial charge is 0.346 e. The molecule has 0 saturated heterocycles. The Morgan fingerprint density at radius 3 is 2.68 bits per heavy atom. The zero-order valence-corrected chi connectivity index (χ0v) is 10.9. The van der Waals surface area contributed by atoms with Gasteiger partial charge in [-0.15, -0.1) is 0 Å². The summed E-state index contributed by atoms with van der Waals surface area (Å²) < 4.78 is 0. The molecule has 100 valence electrons. The monoisotopic (exact) mass is 262 g/mol. The van der Waals surface area contributed by atoms with Crippen LogP contribution in [0.3, 0.4) is 0 Å². The molecule has 1 aromatic heterocycles.